The minimum absolute atomic E-state index is 0.00383. The molecule has 0 saturated carbocycles. The summed E-state index contributed by atoms with van der Waals surface area (Å²) in [5.74, 6) is 0.0148. The summed E-state index contributed by atoms with van der Waals surface area (Å²) in [5.41, 5.74) is 0.218. The molecule has 4 aliphatic rings. The van der Waals surface area contributed by atoms with Crippen molar-refractivity contribution in [2.75, 3.05) is 37.7 Å². The lowest BCUT2D eigenvalue weighted by molar-refractivity contribution is 0.0122. The van der Waals surface area contributed by atoms with E-state index < -0.39 is 11.4 Å². The predicted molar refractivity (Wildman–Crippen MR) is 163 cm³/mol. The third kappa shape index (κ3) is 5.16. The van der Waals surface area contributed by atoms with Crippen molar-refractivity contribution >= 4 is 34.4 Å². The molecule has 0 spiro atoms. The minimum Gasteiger partial charge on any atom is -0.461 e. The van der Waals surface area contributed by atoms with E-state index in [-0.39, 0.29) is 40.9 Å². The molecule has 2 bridgehead atoms. The smallest absolute Gasteiger partial charge is 0.410 e. The average molecular weight is 609 g/mol. The van der Waals surface area contributed by atoms with Crippen LogP contribution in [0.3, 0.4) is 0 Å². The van der Waals surface area contributed by atoms with Gasteiger partial charge in [0.2, 0.25) is 0 Å². The fraction of sp³-hybridized carbons (Fsp3) is 0.562. The van der Waals surface area contributed by atoms with E-state index in [0.717, 1.165) is 51.6 Å². The average Bonchev–Trinajstić information content (AvgIpc) is 3.62. The number of halogens is 2. The predicted octanol–water partition coefficient (Wildman–Crippen LogP) is 6.08. The molecule has 9 nitrogen and oxygen atoms in total. The zero-order chi connectivity index (χ0) is 29.9. The van der Waals surface area contributed by atoms with Gasteiger partial charge in [-0.1, -0.05) is 29.8 Å². The number of amides is 1. The van der Waals surface area contributed by atoms with Crippen LogP contribution < -0.4 is 9.64 Å². The Morgan fingerprint density at radius 2 is 1.79 bits per heavy atom. The number of carbonyl (C=O) groups excluding carboxylic acids is 1. The molecule has 4 saturated heterocycles. The van der Waals surface area contributed by atoms with E-state index >= 15 is 4.39 Å². The molecule has 4 fully saturated rings. The molecule has 228 valence electrons. The first-order valence-electron chi connectivity index (χ1n) is 15.4. The van der Waals surface area contributed by atoms with Crippen LogP contribution in [0.4, 0.5) is 15.0 Å². The van der Waals surface area contributed by atoms with Gasteiger partial charge in [0, 0.05) is 24.8 Å². The molecule has 11 heteroatoms. The van der Waals surface area contributed by atoms with E-state index in [4.69, 9.17) is 26.1 Å². The highest BCUT2D eigenvalue weighted by molar-refractivity contribution is 6.33. The zero-order valence-corrected chi connectivity index (χ0v) is 25.7. The van der Waals surface area contributed by atoms with Crippen molar-refractivity contribution < 1.29 is 18.7 Å². The Bertz CT molecular complexity index is 1540. The lowest BCUT2D eigenvalue weighted by Crippen LogP contribution is -2.57. The van der Waals surface area contributed by atoms with Gasteiger partial charge >= 0.3 is 12.1 Å². The number of benzene rings is 1. The van der Waals surface area contributed by atoms with E-state index in [1.165, 1.54) is 0 Å². The Morgan fingerprint density at radius 3 is 2.47 bits per heavy atom. The van der Waals surface area contributed by atoms with Gasteiger partial charge in [-0.25, -0.2) is 9.18 Å². The summed E-state index contributed by atoms with van der Waals surface area (Å²) in [7, 11) is 0. The minimum atomic E-state index is -0.570. The van der Waals surface area contributed by atoms with Crippen LogP contribution in [0.15, 0.2) is 30.5 Å². The normalized spacial score (nSPS) is 23.2. The van der Waals surface area contributed by atoms with Crippen LogP contribution in [0.5, 0.6) is 6.01 Å². The first-order valence-corrected chi connectivity index (χ1v) is 15.7. The van der Waals surface area contributed by atoms with Gasteiger partial charge in [0.1, 0.15) is 29.2 Å². The largest absolute Gasteiger partial charge is 0.461 e. The Labute approximate surface area is 256 Å². The third-order valence-electron chi connectivity index (χ3n) is 9.44. The van der Waals surface area contributed by atoms with Gasteiger partial charge in [0.25, 0.3) is 0 Å². The molecule has 0 N–H and O–H groups in total. The molecule has 4 aliphatic heterocycles. The molecule has 2 atom stereocenters. The molecule has 6 heterocycles. The first-order chi connectivity index (χ1) is 20.6. The molecule has 3 aromatic rings. The molecular formula is C32H38ClFN6O3. The van der Waals surface area contributed by atoms with Crippen molar-refractivity contribution in [3.05, 3.63) is 41.3 Å². The summed E-state index contributed by atoms with van der Waals surface area (Å²) in [6.07, 6.45) is 7.55. The molecule has 43 heavy (non-hydrogen) atoms. The van der Waals surface area contributed by atoms with Crippen LogP contribution in [0, 0.1) is 5.82 Å². The SMILES string of the molecule is CC(C)(C)OC(=O)N1[C@@H]2CC[C@H]1CN(c1nc(OCC34CCCN3CCC4)nc3c(F)c(-c4ccccc4Cl)ncc13)C2. The van der Waals surface area contributed by atoms with Crippen LogP contribution in [-0.4, -0.2) is 86.9 Å². The summed E-state index contributed by atoms with van der Waals surface area (Å²) in [6, 6.07) is 7.17. The number of nitrogens with zero attached hydrogens (tertiary/aromatic N) is 6. The molecule has 2 aromatic heterocycles. The second kappa shape index (κ2) is 10.7. The number of pyridine rings is 1. The summed E-state index contributed by atoms with van der Waals surface area (Å²) in [5, 5.41) is 0.919. The van der Waals surface area contributed by atoms with Gasteiger partial charge in [0.05, 0.1) is 28.0 Å². The topological polar surface area (TPSA) is 83.9 Å². The van der Waals surface area contributed by atoms with Crippen LogP contribution in [0.2, 0.25) is 5.02 Å². The monoisotopic (exact) mass is 608 g/mol. The van der Waals surface area contributed by atoms with Crippen LogP contribution in [0.25, 0.3) is 22.2 Å². The maximum atomic E-state index is 16.3. The number of aromatic nitrogens is 3. The lowest BCUT2D eigenvalue weighted by Gasteiger charge is -2.42. The second-order valence-electron chi connectivity index (χ2n) is 13.4. The fourth-order valence-corrected chi connectivity index (χ4v) is 7.74. The van der Waals surface area contributed by atoms with E-state index in [1.807, 2.05) is 25.7 Å². The fourth-order valence-electron chi connectivity index (χ4n) is 7.52. The van der Waals surface area contributed by atoms with E-state index in [2.05, 4.69) is 19.8 Å². The van der Waals surface area contributed by atoms with Crippen LogP contribution in [-0.2, 0) is 4.74 Å². The summed E-state index contributed by atoms with van der Waals surface area (Å²) >= 11 is 6.44. The lowest BCUT2D eigenvalue weighted by atomic mass is 9.95. The summed E-state index contributed by atoms with van der Waals surface area (Å²) in [6.45, 7) is 9.38. The number of hydrogen-bond acceptors (Lipinski definition) is 8. The van der Waals surface area contributed by atoms with E-state index in [1.54, 1.807) is 30.5 Å². The number of anilines is 1. The van der Waals surface area contributed by atoms with Gasteiger partial charge in [0.15, 0.2) is 5.82 Å². The van der Waals surface area contributed by atoms with Gasteiger partial charge in [-0.05, 0) is 78.5 Å². The first kappa shape index (κ1) is 28.5. The quantitative estimate of drug-likeness (QED) is 0.345. The number of hydrogen-bond donors (Lipinski definition) is 0. The highest BCUT2D eigenvalue weighted by atomic mass is 35.5. The standard InChI is InChI=1S/C32H38ClFN6O3/c1-31(2,3)43-30(41)40-20-10-11-21(40)18-38(17-20)28-23-16-35-26(22-8-4-5-9-24(22)33)25(34)27(23)36-29(37-28)42-19-32-12-6-14-39(32)15-7-13-32/h4-5,8-9,16,20-21H,6-7,10-15,17-19H2,1-3H3/t20-,21+. The van der Waals surface area contributed by atoms with Crippen molar-refractivity contribution in [3.63, 3.8) is 0 Å². The highest BCUT2D eigenvalue weighted by Crippen LogP contribution is 2.41. The van der Waals surface area contributed by atoms with Gasteiger partial charge in [-0.15, -0.1) is 0 Å². The van der Waals surface area contributed by atoms with Crippen molar-refractivity contribution in [2.24, 2.45) is 0 Å². The molecule has 1 aromatic carbocycles. The number of piperazine rings is 1. The molecule has 0 radical (unpaired) electrons. The Kier molecular flexibility index (Phi) is 7.12. The molecule has 1 amide bonds. The van der Waals surface area contributed by atoms with Crippen molar-refractivity contribution in [2.45, 2.75) is 82.5 Å². The number of carbonyl (C=O) groups is 1. The molecular weight excluding hydrogens is 571 g/mol. The van der Waals surface area contributed by atoms with Crippen LogP contribution in [0.1, 0.15) is 59.3 Å². The number of fused-ring (bicyclic) bond motifs is 4. The van der Waals surface area contributed by atoms with Gasteiger partial charge in [-0.3, -0.25) is 14.8 Å². The number of ether oxygens (including phenoxy) is 2. The third-order valence-corrected chi connectivity index (χ3v) is 9.77. The van der Waals surface area contributed by atoms with Gasteiger partial charge in [-0.2, -0.15) is 9.97 Å². The zero-order valence-electron chi connectivity index (χ0n) is 25.0. The molecule has 0 unspecified atom stereocenters. The van der Waals surface area contributed by atoms with Crippen molar-refractivity contribution in [1.82, 2.24) is 24.8 Å². The van der Waals surface area contributed by atoms with Gasteiger partial charge < -0.3 is 14.4 Å². The highest BCUT2D eigenvalue weighted by Gasteiger charge is 2.46. The maximum Gasteiger partial charge on any atom is 0.410 e. The summed E-state index contributed by atoms with van der Waals surface area (Å²) in [4.78, 5) is 33.7. The Balaban J connectivity index is 1.26. The van der Waals surface area contributed by atoms with Crippen molar-refractivity contribution in [3.8, 4) is 17.3 Å². The summed E-state index contributed by atoms with van der Waals surface area (Å²) < 4.78 is 28.4. The maximum absolute atomic E-state index is 16.3. The molecule has 7 rings (SSSR count). The van der Waals surface area contributed by atoms with Crippen molar-refractivity contribution in [1.29, 1.82) is 0 Å². The van der Waals surface area contributed by atoms with Crippen LogP contribution >= 0.6 is 11.6 Å². The number of rotatable bonds is 5. The Hall–Kier alpha value is -3.24. The Morgan fingerprint density at radius 1 is 1.09 bits per heavy atom. The van der Waals surface area contributed by atoms with E-state index in [9.17, 15) is 4.79 Å². The van der Waals surface area contributed by atoms with E-state index in [0.29, 0.717) is 41.5 Å². The molecule has 0 aliphatic carbocycles. The second-order valence-corrected chi connectivity index (χ2v) is 13.8.